The molecule has 0 aliphatic rings. The first-order chi connectivity index (χ1) is 6.70. The molecule has 0 radical (unpaired) electrons. The maximum Gasteiger partial charge on any atom is 0.328 e. The summed E-state index contributed by atoms with van der Waals surface area (Å²) in [5.74, 6) is -0.277. The molecule has 1 atom stereocenters. The number of nitrogens with two attached hydrogens (primary N) is 1. The Morgan fingerprint density at radius 1 is 1.79 bits per heavy atom. The number of nitrogens with zero attached hydrogens (tertiary/aromatic N) is 2. The molecule has 1 aromatic heterocycles. The zero-order valence-corrected chi connectivity index (χ0v) is 8.43. The summed E-state index contributed by atoms with van der Waals surface area (Å²) in [4.78, 5) is 15.2. The smallest absolute Gasteiger partial charge is 0.328 e. The molecule has 0 aromatic carbocycles. The van der Waals surface area contributed by atoms with E-state index >= 15 is 0 Å². The Balaban J connectivity index is 2.83. The molecule has 0 spiro atoms. The summed E-state index contributed by atoms with van der Waals surface area (Å²) in [7, 11) is 1.37. The number of imidazole rings is 1. The topological polar surface area (TPSA) is 70.1 Å². The lowest BCUT2D eigenvalue weighted by molar-refractivity contribution is -0.144. The molecule has 0 aliphatic carbocycles. The minimum absolute atomic E-state index is 0.277. The van der Waals surface area contributed by atoms with Gasteiger partial charge in [-0.2, -0.15) is 0 Å². The fourth-order valence-electron chi connectivity index (χ4n) is 1.31. The van der Waals surface area contributed by atoms with E-state index in [0.717, 1.165) is 5.69 Å². The molecule has 5 nitrogen and oxygen atoms in total. The van der Waals surface area contributed by atoms with Crippen molar-refractivity contribution in [1.29, 1.82) is 0 Å². The summed E-state index contributed by atoms with van der Waals surface area (Å²) < 4.78 is 6.43. The highest BCUT2D eigenvalue weighted by Gasteiger charge is 2.17. The van der Waals surface area contributed by atoms with Gasteiger partial charge in [-0.25, -0.2) is 9.78 Å². The Hall–Kier alpha value is -1.36. The highest BCUT2D eigenvalue weighted by atomic mass is 16.5. The van der Waals surface area contributed by atoms with Crippen LogP contribution in [0.4, 0.5) is 0 Å². The monoisotopic (exact) mass is 197 g/mol. The summed E-state index contributed by atoms with van der Waals surface area (Å²) in [6, 6.07) is -0.343. The van der Waals surface area contributed by atoms with Crippen LogP contribution in [-0.4, -0.2) is 29.2 Å². The van der Waals surface area contributed by atoms with Crippen LogP contribution < -0.4 is 5.73 Å². The Bertz CT molecular complexity index is 309. The normalized spacial score (nSPS) is 12.5. The molecule has 0 amide bonds. The maximum atomic E-state index is 11.3. The van der Waals surface area contributed by atoms with E-state index in [1.807, 2.05) is 0 Å². The third-order valence-corrected chi connectivity index (χ3v) is 2.11. The average Bonchev–Trinajstić information content (AvgIpc) is 2.64. The fourth-order valence-corrected chi connectivity index (χ4v) is 1.31. The summed E-state index contributed by atoms with van der Waals surface area (Å²) in [5, 5.41) is 0. The molecule has 0 bridgehead atoms. The molecule has 5 heteroatoms. The van der Waals surface area contributed by atoms with Gasteiger partial charge in [0.2, 0.25) is 0 Å². The second kappa shape index (κ2) is 4.76. The van der Waals surface area contributed by atoms with E-state index in [0.29, 0.717) is 13.0 Å². The molecule has 1 unspecified atom stereocenters. The number of carbonyl (C=O) groups excluding carboxylic acids is 1. The molecule has 0 saturated carbocycles. The van der Waals surface area contributed by atoms with Crippen molar-refractivity contribution >= 4 is 5.97 Å². The minimum Gasteiger partial charge on any atom is -0.467 e. The predicted octanol–water partition coefficient (Wildman–Crippen LogP) is 0.118. The highest BCUT2D eigenvalue weighted by molar-refractivity contribution is 5.73. The first-order valence-electron chi connectivity index (χ1n) is 4.49. The SMILES string of the molecule is COC(=O)C(C)n1cncc1CCN. The van der Waals surface area contributed by atoms with Crippen LogP contribution in [0, 0.1) is 0 Å². The van der Waals surface area contributed by atoms with Crippen LogP contribution in [0.25, 0.3) is 0 Å². The van der Waals surface area contributed by atoms with Gasteiger partial charge in [0, 0.05) is 18.3 Å². The largest absolute Gasteiger partial charge is 0.467 e. The second-order valence-electron chi connectivity index (χ2n) is 3.03. The van der Waals surface area contributed by atoms with E-state index in [1.165, 1.54) is 7.11 Å². The van der Waals surface area contributed by atoms with Gasteiger partial charge >= 0.3 is 5.97 Å². The van der Waals surface area contributed by atoms with Crippen LogP contribution in [0.5, 0.6) is 0 Å². The number of rotatable bonds is 4. The van der Waals surface area contributed by atoms with Gasteiger partial charge in [0.05, 0.1) is 13.4 Å². The van der Waals surface area contributed by atoms with Crippen molar-refractivity contribution in [1.82, 2.24) is 9.55 Å². The van der Waals surface area contributed by atoms with E-state index in [2.05, 4.69) is 9.72 Å². The first-order valence-corrected chi connectivity index (χ1v) is 4.49. The van der Waals surface area contributed by atoms with Gasteiger partial charge in [-0.1, -0.05) is 0 Å². The van der Waals surface area contributed by atoms with E-state index in [4.69, 9.17) is 5.73 Å². The second-order valence-corrected chi connectivity index (χ2v) is 3.03. The van der Waals surface area contributed by atoms with E-state index in [-0.39, 0.29) is 12.0 Å². The van der Waals surface area contributed by atoms with Crippen LogP contribution in [0.2, 0.25) is 0 Å². The zero-order chi connectivity index (χ0) is 10.6. The lowest BCUT2D eigenvalue weighted by atomic mass is 10.3. The van der Waals surface area contributed by atoms with Gasteiger partial charge < -0.3 is 15.0 Å². The van der Waals surface area contributed by atoms with Gasteiger partial charge in [-0.15, -0.1) is 0 Å². The van der Waals surface area contributed by atoms with Crippen LogP contribution in [0.3, 0.4) is 0 Å². The quantitative estimate of drug-likeness (QED) is 0.696. The summed E-state index contributed by atoms with van der Waals surface area (Å²) >= 11 is 0. The molecule has 2 N–H and O–H groups in total. The fraction of sp³-hybridized carbons (Fsp3) is 0.556. The molecule has 0 fully saturated rings. The van der Waals surface area contributed by atoms with Gasteiger partial charge in [0.1, 0.15) is 6.04 Å². The van der Waals surface area contributed by atoms with E-state index in [1.54, 1.807) is 24.0 Å². The number of hydrogen-bond acceptors (Lipinski definition) is 4. The Morgan fingerprint density at radius 3 is 3.07 bits per heavy atom. The third kappa shape index (κ3) is 2.11. The lowest BCUT2D eigenvalue weighted by Crippen LogP contribution is -2.20. The van der Waals surface area contributed by atoms with Crippen LogP contribution in [-0.2, 0) is 16.0 Å². The minimum atomic E-state index is -0.343. The predicted molar refractivity (Wildman–Crippen MR) is 51.7 cm³/mol. The Kier molecular flexibility index (Phi) is 3.64. The molecule has 0 saturated heterocycles. The number of carbonyl (C=O) groups is 1. The Morgan fingerprint density at radius 2 is 2.50 bits per heavy atom. The van der Waals surface area contributed by atoms with Crippen molar-refractivity contribution in [3.05, 3.63) is 18.2 Å². The molecule has 1 rings (SSSR count). The van der Waals surface area contributed by atoms with Gasteiger partial charge in [-0.3, -0.25) is 0 Å². The number of esters is 1. The lowest BCUT2D eigenvalue weighted by Gasteiger charge is -2.13. The number of ether oxygens (including phenoxy) is 1. The molecule has 0 aliphatic heterocycles. The van der Waals surface area contributed by atoms with Crippen molar-refractivity contribution in [3.63, 3.8) is 0 Å². The van der Waals surface area contributed by atoms with Crippen molar-refractivity contribution in [2.75, 3.05) is 13.7 Å². The van der Waals surface area contributed by atoms with E-state index in [9.17, 15) is 4.79 Å². The summed E-state index contributed by atoms with van der Waals surface area (Å²) in [6.07, 6.45) is 4.04. The Labute approximate surface area is 82.9 Å². The van der Waals surface area contributed by atoms with Crippen LogP contribution in [0.15, 0.2) is 12.5 Å². The number of hydrogen-bond donors (Lipinski definition) is 1. The van der Waals surface area contributed by atoms with Crippen LogP contribution >= 0.6 is 0 Å². The van der Waals surface area contributed by atoms with Gasteiger partial charge in [0.25, 0.3) is 0 Å². The average molecular weight is 197 g/mol. The number of aromatic nitrogens is 2. The molecular formula is C9H15N3O2. The highest BCUT2D eigenvalue weighted by Crippen LogP contribution is 2.11. The van der Waals surface area contributed by atoms with Crippen molar-refractivity contribution in [2.24, 2.45) is 5.73 Å². The van der Waals surface area contributed by atoms with Crippen molar-refractivity contribution < 1.29 is 9.53 Å². The third-order valence-electron chi connectivity index (χ3n) is 2.11. The van der Waals surface area contributed by atoms with E-state index < -0.39 is 0 Å². The molecular weight excluding hydrogens is 182 g/mol. The van der Waals surface area contributed by atoms with Crippen molar-refractivity contribution in [3.8, 4) is 0 Å². The molecule has 78 valence electrons. The number of methoxy groups -OCH3 is 1. The summed E-state index contributed by atoms with van der Waals surface area (Å²) in [6.45, 7) is 2.31. The summed E-state index contributed by atoms with van der Waals surface area (Å²) in [5.41, 5.74) is 6.39. The molecule has 1 heterocycles. The standard InChI is InChI=1S/C9H15N3O2/c1-7(9(13)14-2)12-6-11-5-8(12)3-4-10/h5-7H,3-4,10H2,1-2H3. The van der Waals surface area contributed by atoms with Crippen LogP contribution in [0.1, 0.15) is 18.7 Å². The van der Waals surface area contributed by atoms with Gasteiger partial charge in [0.15, 0.2) is 0 Å². The van der Waals surface area contributed by atoms with Crippen molar-refractivity contribution in [2.45, 2.75) is 19.4 Å². The zero-order valence-electron chi connectivity index (χ0n) is 8.43. The maximum absolute atomic E-state index is 11.3. The molecule has 14 heavy (non-hydrogen) atoms. The first kappa shape index (κ1) is 10.7. The molecule has 1 aromatic rings. The van der Waals surface area contributed by atoms with Gasteiger partial charge in [-0.05, 0) is 13.5 Å².